The van der Waals surface area contributed by atoms with Crippen molar-refractivity contribution in [3.63, 3.8) is 0 Å². The summed E-state index contributed by atoms with van der Waals surface area (Å²) in [5.74, 6) is -0.310. The van der Waals surface area contributed by atoms with E-state index in [0.29, 0.717) is 23.6 Å². The summed E-state index contributed by atoms with van der Waals surface area (Å²) in [6.45, 7) is 5.53. The van der Waals surface area contributed by atoms with Crippen molar-refractivity contribution in [2.45, 2.75) is 26.3 Å². The number of likely N-dealkylation sites (N-methyl/N-ethyl adjacent to an activating group) is 1. The summed E-state index contributed by atoms with van der Waals surface area (Å²) < 4.78 is 5.50. The minimum Gasteiger partial charge on any atom is -0.451 e. The smallest absolute Gasteiger partial charge is 0.287 e. The van der Waals surface area contributed by atoms with Gasteiger partial charge in [0, 0.05) is 25.2 Å². The number of benzene rings is 1. The van der Waals surface area contributed by atoms with E-state index in [2.05, 4.69) is 24.1 Å². The normalized spacial score (nSPS) is 12.5. The molecule has 0 fully saturated rings. The van der Waals surface area contributed by atoms with Crippen LogP contribution in [0.2, 0.25) is 0 Å². The van der Waals surface area contributed by atoms with Crippen molar-refractivity contribution in [1.29, 1.82) is 0 Å². The average Bonchev–Trinajstić information content (AvgIpc) is 2.53. The quantitative estimate of drug-likeness (QED) is 0.889. The molecule has 1 atom stereocenters. The highest BCUT2D eigenvalue weighted by Crippen LogP contribution is 2.11. The Labute approximate surface area is 129 Å². The maximum Gasteiger partial charge on any atom is 0.287 e. The van der Waals surface area contributed by atoms with Crippen molar-refractivity contribution in [2.75, 3.05) is 20.1 Å². The Morgan fingerprint density at radius 3 is 2.82 bits per heavy atom. The SMILES string of the molecule is CC[C@@H](C)N(C)CCNC(=O)c1cc(=O)c2ccccc2o1. The highest BCUT2D eigenvalue weighted by molar-refractivity contribution is 5.93. The molecule has 118 valence electrons. The van der Waals surface area contributed by atoms with Gasteiger partial charge < -0.3 is 14.6 Å². The van der Waals surface area contributed by atoms with E-state index >= 15 is 0 Å². The lowest BCUT2D eigenvalue weighted by Crippen LogP contribution is -2.37. The molecule has 1 heterocycles. The first-order valence-corrected chi connectivity index (χ1v) is 7.54. The van der Waals surface area contributed by atoms with Crippen LogP contribution in [0.3, 0.4) is 0 Å². The van der Waals surface area contributed by atoms with Crippen LogP contribution in [0.5, 0.6) is 0 Å². The topological polar surface area (TPSA) is 62.6 Å². The number of hydrogen-bond donors (Lipinski definition) is 1. The number of hydrogen-bond acceptors (Lipinski definition) is 4. The molecule has 0 bridgehead atoms. The number of amides is 1. The number of carbonyl (C=O) groups is 1. The van der Waals surface area contributed by atoms with Crippen LogP contribution in [0.1, 0.15) is 30.8 Å². The Bertz CT molecular complexity index is 708. The zero-order valence-electron chi connectivity index (χ0n) is 13.3. The number of carbonyl (C=O) groups excluding carboxylic acids is 1. The minimum atomic E-state index is -0.361. The molecule has 5 nitrogen and oxygen atoms in total. The fraction of sp³-hybridized carbons (Fsp3) is 0.412. The van der Waals surface area contributed by atoms with E-state index in [1.165, 1.54) is 6.07 Å². The number of rotatable bonds is 6. The Hall–Kier alpha value is -2.14. The Kier molecular flexibility index (Phi) is 5.33. The van der Waals surface area contributed by atoms with Crippen LogP contribution in [0.25, 0.3) is 11.0 Å². The molecule has 0 aliphatic rings. The molecule has 1 aromatic heterocycles. The van der Waals surface area contributed by atoms with Crippen molar-refractivity contribution in [3.05, 3.63) is 46.3 Å². The molecule has 1 amide bonds. The molecule has 0 aliphatic heterocycles. The summed E-state index contributed by atoms with van der Waals surface area (Å²) in [5.41, 5.74) is 0.223. The van der Waals surface area contributed by atoms with Gasteiger partial charge in [-0.25, -0.2) is 0 Å². The van der Waals surface area contributed by atoms with E-state index in [4.69, 9.17) is 4.42 Å². The molecule has 1 aromatic carbocycles. The van der Waals surface area contributed by atoms with Gasteiger partial charge in [0.15, 0.2) is 11.2 Å². The lowest BCUT2D eigenvalue weighted by Gasteiger charge is -2.23. The van der Waals surface area contributed by atoms with Crippen LogP contribution in [-0.2, 0) is 0 Å². The Morgan fingerprint density at radius 1 is 1.36 bits per heavy atom. The molecule has 0 saturated heterocycles. The molecule has 0 unspecified atom stereocenters. The Balaban J connectivity index is 2.03. The van der Waals surface area contributed by atoms with Crippen molar-refractivity contribution >= 4 is 16.9 Å². The van der Waals surface area contributed by atoms with Crippen molar-refractivity contribution in [1.82, 2.24) is 10.2 Å². The maximum absolute atomic E-state index is 12.1. The fourth-order valence-electron chi connectivity index (χ4n) is 2.18. The summed E-state index contributed by atoms with van der Waals surface area (Å²) in [4.78, 5) is 26.2. The van der Waals surface area contributed by atoms with Gasteiger partial charge in [0.2, 0.25) is 0 Å². The predicted molar refractivity (Wildman–Crippen MR) is 87.2 cm³/mol. The summed E-state index contributed by atoms with van der Waals surface area (Å²) in [6, 6.07) is 8.62. The third kappa shape index (κ3) is 3.74. The number of nitrogens with zero attached hydrogens (tertiary/aromatic N) is 1. The van der Waals surface area contributed by atoms with Gasteiger partial charge in [-0.15, -0.1) is 0 Å². The third-order valence-electron chi connectivity index (χ3n) is 3.95. The summed E-state index contributed by atoms with van der Waals surface area (Å²) in [7, 11) is 2.02. The molecule has 0 aliphatic carbocycles. The van der Waals surface area contributed by atoms with Gasteiger partial charge in [0.25, 0.3) is 5.91 Å². The molecule has 0 saturated carbocycles. The average molecular weight is 302 g/mol. The fourth-order valence-corrected chi connectivity index (χ4v) is 2.18. The van der Waals surface area contributed by atoms with Crippen molar-refractivity contribution < 1.29 is 9.21 Å². The molecule has 1 N–H and O–H groups in total. The van der Waals surface area contributed by atoms with Crippen LogP contribution < -0.4 is 10.7 Å². The van der Waals surface area contributed by atoms with E-state index in [0.717, 1.165) is 13.0 Å². The van der Waals surface area contributed by atoms with E-state index in [1.807, 2.05) is 7.05 Å². The van der Waals surface area contributed by atoms with Crippen LogP contribution in [0, 0.1) is 0 Å². The van der Waals surface area contributed by atoms with Crippen LogP contribution in [-0.4, -0.2) is 37.0 Å². The molecular weight excluding hydrogens is 280 g/mol. The van der Waals surface area contributed by atoms with E-state index in [9.17, 15) is 9.59 Å². The Morgan fingerprint density at radius 2 is 2.09 bits per heavy atom. The first kappa shape index (κ1) is 16.2. The summed E-state index contributed by atoms with van der Waals surface area (Å²) >= 11 is 0. The van der Waals surface area contributed by atoms with Gasteiger partial charge >= 0.3 is 0 Å². The predicted octanol–water partition coefficient (Wildman–Crippen LogP) is 2.25. The first-order valence-electron chi connectivity index (χ1n) is 7.54. The first-order chi connectivity index (χ1) is 10.5. The molecule has 2 rings (SSSR count). The number of nitrogens with one attached hydrogen (secondary N) is 1. The van der Waals surface area contributed by atoms with Crippen LogP contribution in [0.4, 0.5) is 0 Å². The summed E-state index contributed by atoms with van der Waals surface area (Å²) in [6.07, 6.45) is 1.06. The standard InChI is InChI=1S/C17H22N2O3/c1-4-12(2)19(3)10-9-18-17(21)16-11-14(20)13-7-5-6-8-15(13)22-16/h5-8,11-12H,4,9-10H2,1-3H3,(H,18,21)/t12-/m1/s1. The highest BCUT2D eigenvalue weighted by Gasteiger charge is 2.12. The largest absolute Gasteiger partial charge is 0.451 e. The van der Waals surface area contributed by atoms with Gasteiger partial charge in [-0.3, -0.25) is 9.59 Å². The molecule has 0 radical (unpaired) electrons. The molecule has 5 heteroatoms. The maximum atomic E-state index is 12.1. The summed E-state index contributed by atoms with van der Waals surface area (Å²) in [5, 5.41) is 3.27. The van der Waals surface area contributed by atoms with Crippen LogP contribution in [0.15, 0.2) is 39.5 Å². The molecule has 0 spiro atoms. The van der Waals surface area contributed by atoms with E-state index < -0.39 is 0 Å². The zero-order chi connectivity index (χ0) is 16.1. The molecule has 2 aromatic rings. The van der Waals surface area contributed by atoms with E-state index in [-0.39, 0.29) is 17.1 Å². The second-order valence-corrected chi connectivity index (χ2v) is 5.46. The van der Waals surface area contributed by atoms with Crippen molar-refractivity contribution in [2.24, 2.45) is 0 Å². The molecule has 22 heavy (non-hydrogen) atoms. The third-order valence-corrected chi connectivity index (χ3v) is 3.95. The van der Waals surface area contributed by atoms with Gasteiger partial charge in [0.05, 0.1) is 5.39 Å². The van der Waals surface area contributed by atoms with Crippen molar-refractivity contribution in [3.8, 4) is 0 Å². The zero-order valence-corrected chi connectivity index (χ0v) is 13.3. The van der Waals surface area contributed by atoms with Gasteiger partial charge in [-0.05, 0) is 32.5 Å². The lowest BCUT2D eigenvalue weighted by atomic mass is 10.2. The molecular formula is C17H22N2O3. The van der Waals surface area contributed by atoms with Crippen LogP contribution >= 0.6 is 0 Å². The minimum absolute atomic E-state index is 0.0508. The highest BCUT2D eigenvalue weighted by atomic mass is 16.3. The number of para-hydroxylation sites is 1. The number of fused-ring (bicyclic) bond motifs is 1. The second-order valence-electron chi connectivity index (χ2n) is 5.46. The van der Waals surface area contributed by atoms with Gasteiger partial charge in [-0.1, -0.05) is 19.1 Å². The lowest BCUT2D eigenvalue weighted by molar-refractivity contribution is 0.0920. The second kappa shape index (κ2) is 7.22. The van der Waals surface area contributed by atoms with E-state index in [1.54, 1.807) is 24.3 Å². The monoisotopic (exact) mass is 302 g/mol. The van der Waals surface area contributed by atoms with Gasteiger partial charge in [0.1, 0.15) is 5.58 Å². The van der Waals surface area contributed by atoms with Gasteiger partial charge in [-0.2, -0.15) is 0 Å².